The van der Waals surface area contributed by atoms with Crippen LogP contribution in [0.1, 0.15) is 93.4 Å². The first-order valence-electron chi connectivity index (χ1n) is 12.4. The van der Waals surface area contributed by atoms with Crippen LogP contribution in [0.3, 0.4) is 0 Å². The minimum absolute atomic E-state index is 0.0212. The van der Waals surface area contributed by atoms with Crippen molar-refractivity contribution < 1.29 is 23.5 Å². The molecule has 2 fully saturated rings. The van der Waals surface area contributed by atoms with E-state index in [0.29, 0.717) is 25.4 Å². The fourth-order valence-corrected chi connectivity index (χ4v) is 7.33. The molecule has 2 rings (SSSR count). The number of ether oxygens (including phenoxy) is 1. The average molecular weight is 467 g/mol. The molecular formula is C26H46O5Si. The molecule has 0 radical (unpaired) electrons. The van der Waals surface area contributed by atoms with Gasteiger partial charge < -0.3 is 14.0 Å². The molecule has 0 aromatic heterocycles. The lowest BCUT2D eigenvalue weighted by Gasteiger charge is -2.59. The predicted octanol–water partition coefficient (Wildman–Crippen LogP) is 6.10. The lowest BCUT2D eigenvalue weighted by Crippen LogP contribution is -2.59. The van der Waals surface area contributed by atoms with E-state index in [4.69, 9.17) is 9.16 Å². The Morgan fingerprint density at radius 1 is 1.12 bits per heavy atom. The molecule has 184 valence electrons. The molecule has 0 bridgehead atoms. The van der Waals surface area contributed by atoms with Gasteiger partial charge in [-0.05, 0) is 73.9 Å². The zero-order valence-corrected chi connectivity index (χ0v) is 22.9. The molecule has 0 saturated heterocycles. The number of carbonyl (C=O) groups is 3. The third kappa shape index (κ3) is 5.72. The van der Waals surface area contributed by atoms with Gasteiger partial charge in [0.05, 0.1) is 6.61 Å². The molecular weight excluding hydrogens is 420 g/mol. The summed E-state index contributed by atoms with van der Waals surface area (Å²) in [5, 5.41) is 0.0219. The lowest BCUT2D eigenvalue weighted by molar-refractivity contribution is -0.161. The molecule has 2 aliphatic carbocycles. The van der Waals surface area contributed by atoms with E-state index in [1.54, 1.807) is 6.92 Å². The van der Waals surface area contributed by atoms with Gasteiger partial charge in [0, 0.05) is 19.3 Å². The molecule has 0 heterocycles. The maximum absolute atomic E-state index is 13.8. The fourth-order valence-electron chi connectivity index (χ4n) is 6.05. The molecule has 0 aliphatic heterocycles. The van der Waals surface area contributed by atoms with Crippen molar-refractivity contribution in [2.24, 2.45) is 22.7 Å². The van der Waals surface area contributed by atoms with E-state index in [-0.39, 0.29) is 39.3 Å². The summed E-state index contributed by atoms with van der Waals surface area (Å²) in [7, 11) is -2.13. The second kappa shape index (κ2) is 9.69. The van der Waals surface area contributed by atoms with Crippen LogP contribution in [0.15, 0.2) is 0 Å². The largest absolute Gasteiger partial charge is 0.466 e. The van der Waals surface area contributed by atoms with E-state index in [1.807, 2.05) is 0 Å². The quantitative estimate of drug-likeness (QED) is 0.319. The Kier molecular flexibility index (Phi) is 8.25. The molecule has 2 aliphatic rings. The van der Waals surface area contributed by atoms with E-state index in [9.17, 15) is 14.4 Å². The summed E-state index contributed by atoms with van der Waals surface area (Å²) < 4.78 is 12.1. The van der Waals surface area contributed by atoms with Crippen molar-refractivity contribution in [2.75, 3.05) is 6.61 Å². The molecule has 5 nitrogen and oxygen atoms in total. The highest BCUT2D eigenvalue weighted by Gasteiger charge is 2.59. The summed E-state index contributed by atoms with van der Waals surface area (Å²) in [5.41, 5.74) is -0.171. The van der Waals surface area contributed by atoms with Crippen molar-refractivity contribution in [1.82, 2.24) is 0 Å². The van der Waals surface area contributed by atoms with Gasteiger partial charge in [-0.25, -0.2) is 0 Å². The third-order valence-corrected chi connectivity index (χ3v) is 13.5. The van der Waals surface area contributed by atoms with Crippen LogP contribution in [0.4, 0.5) is 0 Å². The lowest BCUT2D eigenvalue weighted by atomic mass is 9.46. The van der Waals surface area contributed by atoms with Crippen LogP contribution >= 0.6 is 0 Å². The molecule has 6 heteroatoms. The standard InChI is InChI=1S/C26H46O5Si/c1-18(27)11-12-20-23(29)21(31-32(8,9)24(3,4)5)17-22-25(6,15-16-30-19(2)28)13-10-14-26(20,22)7/h20-22H,10-17H2,1-9H3/t20-,21+,22-,25+,26+/m0/s1. The van der Waals surface area contributed by atoms with E-state index in [0.717, 1.165) is 32.1 Å². The number of fused-ring (bicyclic) bond motifs is 1. The monoisotopic (exact) mass is 466 g/mol. The zero-order chi connectivity index (χ0) is 24.5. The number of carbonyl (C=O) groups excluding carboxylic acids is 3. The highest BCUT2D eigenvalue weighted by molar-refractivity contribution is 6.74. The maximum atomic E-state index is 13.8. The summed E-state index contributed by atoms with van der Waals surface area (Å²) in [6.45, 7) is 19.1. The van der Waals surface area contributed by atoms with Gasteiger partial charge in [0.2, 0.25) is 0 Å². The molecule has 0 unspecified atom stereocenters. The Morgan fingerprint density at radius 2 is 1.75 bits per heavy atom. The van der Waals surface area contributed by atoms with Crippen LogP contribution in [0.25, 0.3) is 0 Å². The Morgan fingerprint density at radius 3 is 2.28 bits per heavy atom. The molecule has 0 N–H and O–H groups in total. The van der Waals surface area contributed by atoms with E-state index >= 15 is 0 Å². The maximum Gasteiger partial charge on any atom is 0.302 e. The highest BCUT2D eigenvalue weighted by atomic mass is 28.4. The minimum atomic E-state index is -2.13. The van der Waals surface area contributed by atoms with Gasteiger partial charge in [0.1, 0.15) is 11.9 Å². The number of ketones is 2. The van der Waals surface area contributed by atoms with Gasteiger partial charge in [-0.3, -0.25) is 9.59 Å². The Bertz CT molecular complexity index is 724. The molecule has 0 spiro atoms. The second-order valence-corrected chi connectivity index (χ2v) is 17.2. The van der Waals surface area contributed by atoms with Crippen molar-refractivity contribution in [3.8, 4) is 0 Å². The molecule has 0 aromatic rings. The Labute approximate surface area is 196 Å². The summed E-state index contributed by atoms with van der Waals surface area (Å²) in [5.74, 6) is 0.236. The predicted molar refractivity (Wildman–Crippen MR) is 130 cm³/mol. The van der Waals surface area contributed by atoms with Crippen LogP contribution < -0.4 is 0 Å². The van der Waals surface area contributed by atoms with Crippen LogP contribution in [-0.2, 0) is 23.5 Å². The molecule has 32 heavy (non-hydrogen) atoms. The molecule has 0 amide bonds. The number of hydrogen-bond donors (Lipinski definition) is 0. The molecule has 5 atom stereocenters. The first-order chi connectivity index (χ1) is 14.5. The number of esters is 1. The third-order valence-electron chi connectivity index (χ3n) is 9.01. The summed E-state index contributed by atoms with van der Waals surface area (Å²) in [6.07, 6.45) is 5.30. The van der Waals surface area contributed by atoms with E-state index in [2.05, 4.69) is 47.7 Å². The van der Waals surface area contributed by atoms with Gasteiger partial charge in [0.15, 0.2) is 14.1 Å². The topological polar surface area (TPSA) is 69.7 Å². The SMILES string of the molecule is CC(=O)CC[C@H]1C(=O)[C@H](O[Si](C)(C)C(C)(C)C)C[C@H]2[C@@](C)(CCOC(C)=O)CCC[C@]12C. The minimum Gasteiger partial charge on any atom is -0.466 e. The number of rotatable bonds is 8. The van der Waals surface area contributed by atoms with Crippen LogP contribution in [0.2, 0.25) is 18.1 Å². The fraction of sp³-hybridized carbons (Fsp3) is 0.885. The van der Waals surface area contributed by atoms with Crippen LogP contribution in [0.5, 0.6) is 0 Å². The first kappa shape index (κ1) is 27.2. The first-order valence-corrected chi connectivity index (χ1v) is 15.3. The second-order valence-electron chi connectivity index (χ2n) is 12.5. The Balaban J connectivity index is 2.41. The summed E-state index contributed by atoms with van der Waals surface area (Å²) >= 11 is 0. The zero-order valence-electron chi connectivity index (χ0n) is 21.9. The van der Waals surface area contributed by atoms with Crippen molar-refractivity contribution in [1.29, 1.82) is 0 Å². The normalized spacial score (nSPS) is 33.5. The highest BCUT2D eigenvalue weighted by Crippen LogP contribution is 2.61. The van der Waals surface area contributed by atoms with Crippen molar-refractivity contribution >= 4 is 25.9 Å². The van der Waals surface area contributed by atoms with Crippen LogP contribution in [-0.4, -0.2) is 38.6 Å². The smallest absolute Gasteiger partial charge is 0.302 e. The van der Waals surface area contributed by atoms with Crippen molar-refractivity contribution in [3.05, 3.63) is 0 Å². The summed E-state index contributed by atoms with van der Waals surface area (Å²) in [6, 6.07) is 0. The van der Waals surface area contributed by atoms with Gasteiger partial charge >= 0.3 is 5.97 Å². The summed E-state index contributed by atoms with van der Waals surface area (Å²) in [4.78, 5) is 37.0. The van der Waals surface area contributed by atoms with Crippen molar-refractivity contribution in [3.63, 3.8) is 0 Å². The number of Topliss-reactive ketones (excluding diaryl/α,β-unsaturated/α-hetero) is 2. The average Bonchev–Trinajstić information content (AvgIpc) is 2.61. The van der Waals surface area contributed by atoms with Gasteiger partial charge in [-0.15, -0.1) is 0 Å². The molecule has 0 aromatic carbocycles. The van der Waals surface area contributed by atoms with Crippen molar-refractivity contribution in [2.45, 2.75) is 118 Å². The Hall–Kier alpha value is -1.01. The molecule has 2 saturated carbocycles. The van der Waals surface area contributed by atoms with E-state index in [1.165, 1.54) is 6.92 Å². The van der Waals surface area contributed by atoms with Crippen LogP contribution in [0, 0.1) is 22.7 Å². The van der Waals surface area contributed by atoms with Gasteiger partial charge in [-0.2, -0.15) is 0 Å². The van der Waals surface area contributed by atoms with Gasteiger partial charge in [0.25, 0.3) is 0 Å². The number of hydrogen-bond acceptors (Lipinski definition) is 5. The van der Waals surface area contributed by atoms with Gasteiger partial charge in [-0.1, -0.05) is 41.0 Å². The van der Waals surface area contributed by atoms with E-state index < -0.39 is 14.4 Å².